The second kappa shape index (κ2) is 4.46. The Bertz CT molecular complexity index is 629. The quantitative estimate of drug-likeness (QED) is 0.741. The van der Waals surface area contributed by atoms with Crippen LogP contribution < -0.4 is 0 Å². The van der Waals surface area contributed by atoms with E-state index in [0.29, 0.717) is 11.0 Å². The van der Waals surface area contributed by atoms with Crippen LogP contribution in [-0.4, -0.2) is 29.3 Å². The number of esters is 1. The Hall–Kier alpha value is -2.24. The molecule has 2 aromatic heterocycles. The summed E-state index contributed by atoms with van der Waals surface area (Å²) in [6.45, 7) is 5.24. The summed E-state index contributed by atoms with van der Waals surface area (Å²) in [5.41, 5.74) is -0.329. The lowest BCUT2D eigenvalue weighted by Crippen LogP contribution is -2.28. The van der Waals surface area contributed by atoms with Crippen LogP contribution in [0, 0.1) is 0 Å². The van der Waals surface area contributed by atoms with Crippen LogP contribution in [0.1, 0.15) is 31.3 Å². The van der Waals surface area contributed by atoms with Crippen molar-refractivity contribution in [3.8, 4) is 0 Å². The standard InChI is InChI=1S/C13H15NO5/c1-13(2,3)19-12(16)14-7-8-5-6-18-10(8)9(14)11(15)17-4/h5-7H,1-4H3. The minimum atomic E-state index is -0.657. The van der Waals surface area contributed by atoms with Gasteiger partial charge in [-0.15, -0.1) is 0 Å². The molecule has 0 saturated heterocycles. The Balaban J connectivity index is 2.50. The highest BCUT2D eigenvalue weighted by Gasteiger charge is 2.27. The molecule has 0 spiro atoms. The molecule has 19 heavy (non-hydrogen) atoms. The number of carbonyl (C=O) groups is 2. The van der Waals surface area contributed by atoms with Crippen molar-refractivity contribution >= 4 is 23.0 Å². The first-order chi connectivity index (χ1) is 8.83. The molecule has 2 heterocycles. The second-order valence-corrected chi connectivity index (χ2v) is 5.02. The summed E-state index contributed by atoms with van der Waals surface area (Å²) >= 11 is 0. The minimum absolute atomic E-state index is 0.0248. The Kier molecular flexibility index (Phi) is 3.09. The highest BCUT2D eigenvalue weighted by molar-refractivity contribution is 6.04. The molecule has 102 valence electrons. The van der Waals surface area contributed by atoms with E-state index in [4.69, 9.17) is 9.15 Å². The van der Waals surface area contributed by atoms with E-state index < -0.39 is 17.7 Å². The smallest absolute Gasteiger partial charge is 0.419 e. The van der Waals surface area contributed by atoms with E-state index in [2.05, 4.69) is 4.74 Å². The number of ether oxygens (including phenoxy) is 2. The second-order valence-electron chi connectivity index (χ2n) is 5.02. The van der Waals surface area contributed by atoms with Crippen LogP contribution >= 0.6 is 0 Å². The van der Waals surface area contributed by atoms with Gasteiger partial charge in [-0.25, -0.2) is 14.2 Å². The van der Waals surface area contributed by atoms with Crippen LogP contribution in [0.3, 0.4) is 0 Å². The van der Waals surface area contributed by atoms with Crippen molar-refractivity contribution in [2.45, 2.75) is 26.4 Å². The molecule has 0 aliphatic heterocycles. The zero-order chi connectivity index (χ0) is 14.2. The third kappa shape index (κ3) is 2.47. The lowest BCUT2D eigenvalue weighted by Gasteiger charge is -2.20. The van der Waals surface area contributed by atoms with Gasteiger partial charge in [0.1, 0.15) is 5.60 Å². The summed E-state index contributed by atoms with van der Waals surface area (Å²) in [5, 5.41) is 0.631. The number of furan rings is 1. The molecule has 2 rings (SSSR count). The zero-order valence-electron chi connectivity index (χ0n) is 11.2. The van der Waals surface area contributed by atoms with Crippen LogP contribution in [-0.2, 0) is 9.47 Å². The zero-order valence-corrected chi connectivity index (χ0v) is 11.2. The van der Waals surface area contributed by atoms with Crippen LogP contribution in [0.4, 0.5) is 4.79 Å². The summed E-state index contributed by atoms with van der Waals surface area (Å²) in [7, 11) is 1.24. The Morgan fingerprint density at radius 1 is 1.32 bits per heavy atom. The molecule has 0 N–H and O–H groups in total. The van der Waals surface area contributed by atoms with Gasteiger partial charge in [-0.2, -0.15) is 0 Å². The normalized spacial score (nSPS) is 11.6. The van der Waals surface area contributed by atoms with Gasteiger partial charge in [-0.3, -0.25) is 0 Å². The number of rotatable bonds is 1. The molecular weight excluding hydrogens is 250 g/mol. The maximum atomic E-state index is 12.1. The molecule has 2 aromatic rings. The van der Waals surface area contributed by atoms with Crippen molar-refractivity contribution in [1.82, 2.24) is 4.57 Å². The third-order valence-corrected chi connectivity index (χ3v) is 2.39. The van der Waals surface area contributed by atoms with Crippen molar-refractivity contribution in [2.24, 2.45) is 0 Å². The number of methoxy groups -OCH3 is 1. The molecule has 0 amide bonds. The van der Waals surface area contributed by atoms with Gasteiger partial charge >= 0.3 is 12.1 Å². The van der Waals surface area contributed by atoms with Gasteiger partial charge in [-0.05, 0) is 26.8 Å². The molecule has 0 aliphatic carbocycles. The summed E-state index contributed by atoms with van der Waals surface area (Å²) in [4.78, 5) is 23.8. The van der Waals surface area contributed by atoms with Crippen molar-refractivity contribution in [1.29, 1.82) is 0 Å². The van der Waals surface area contributed by atoms with Gasteiger partial charge in [0.25, 0.3) is 0 Å². The van der Waals surface area contributed by atoms with E-state index in [0.717, 1.165) is 4.57 Å². The summed E-state index contributed by atoms with van der Waals surface area (Å²) in [6, 6.07) is 1.66. The third-order valence-electron chi connectivity index (χ3n) is 2.39. The van der Waals surface area contributed by atoms with Crippen LogP contribution in [0.5, 0.6) is 0 Å². The molecule has 0 saturated carbocycles. The maximum Gasteiger partial charge on any atom is 0.419 e. The molecule has 6 nitrogen and oxygen atoms in total. The average molecular weight is 265 g/mol. The highest BCUT2D eigenvalue weighted by atomic mass is 16.6. The van der Waals surface area contributed by atoms with Gasteiger partial charge < -0.3 is 13.9 Å². The van der Waals surface area contributed by atoms with Gasteiger partial charge in [0.05, 0.1) is 13.4 Å². The largest absolute Gasteiger partial charge is 0.464 e. The van der Waals surface area contributed by atoms with E-state index in [1.807, 2.05) is 0 Å². The molecular formula is C13H15NO5. The Morgan fingerprint density at radius 3 is 2.58 bits per heavy atom. The lowest BCUT2D eigenvalue weighted by atomic mass is 10.2. The van der Waals surface area contributed by atoms with Gasteiger partial charge in [0, 0.05) is 11.6 Å². The number of hydrogen-bond donors (Lipinski definition) is 0. The maximum absolute atomic E-state index is 12.1. The monoisotopic (exact) mass is 265 g/mol. The summed E-state index contributed by atoms with van der Waals surface area (Å²) in [5.74, 6) is -0.657. The first-order valence-corrected chi connectivity index (χ1v) is 5.73. The average Bonchev–Trinajstić information content (AvgIpc) is 2.84. The Labute approximate surface area is 109 Å². The highest BCUT2D eigenvalue weighted by Crippen LogP contribution is 2.24. The number of nitrogens with zero attached hydrogens (tertiary/aromatic N) is 1. The van der Waals surface area contributed by atoms with Crippen LogP contribution in [0.25, 0.3) is 11.0 Å². The van der Waals surface area contributed by atoms with E-state index in [1.54, 1.807) is 26.8 Å². The molecule has 0 atom stereocenters. The SMILES string of the molecule is COC(=O)c1c2occc2cn1C(=O)OC(C)(C)C. The van der Waals surface area contributed by atoms with Gasteiger partial charge in [0.2, 0.25) is 0 Å². The molecule has 0 bridgehead atoms. The first-order valence-electron chi connectivity index (χ1n) is 5.73. The molecule has 0 radical (unpaired) electrons. The Morgan fingerprint density at radius 2 is 2.00 bits per heavy atom. The van der Waals surface area contributed by atoms with E-state index in [-0.39, 0.29) is 5.69 Å². The fourth-order valence-electron chi connectivity index (χ4n) is 1.67. The van der Waals surface area contributed by atoms with Crippen molar-refractivity contribution in [2.75, 3.05) is 7.11 Å². The molecule has 0 aromatic carbocycles. The number of fused-ring (bicyclic) bond motifs is 1. The minimum Gasteiger partial charge on any atom is -0.464 e. The number of carbonyl (C=O) groups excluding carboxylic acids is 2. The van der Waals surface area contributed by atoms with Crippen molar-refractivity contribution in [3.05, 3.63) is 24.2 Å². The molecule has 0 unspecified atom stereocenters. The van der Waals surface area contributed by atoms with E-state index in [1.165, 1.54) is 19.6 Å². The topological polar surface area (TPSA) is 70.7 Å². The molecule has 0 aliphatic rings. The predicted molar refractivity (Wildman–Crippen MR) is 67.2 cm³/mol. The fraction of sp³-hybridized carbons (Fsp3) is 0.385. The van der Waals surface area contributed by atoms with Gasteiger partial charge in [-0.1, -0.05) is 0 Å². The lowest BCUT2D eigenvalue weighted by molar-refractivity contribution is 0.0484. The van der Waals surface area contributed by atoms with Crippen molar-refractivity contribution < 1.29 is 23.5 Å². The van der Waals surface area contributed by atoms with E-state index >= 15 is 0 Å². The number of aromatic nitrogens is 1. The van der Waals surface area contributed by atoms with Gasteiger partial charge in [0.15, 0.2) is 11.3 Å². The molecule has 0 fully saturated rings. The summed E-state index contributed by atoms with van der Waals surface area (Å²) in [6.07, 6.45) is 2.27. The summed E-state index contributed by atoms with van der Waals surface area (Å²) < 4.78 is 16.2. The van der Waals surface area contributed by atoms with E-state index in [9.17, 15) is 9.59 Å². The predicted octanol–water partition coefficient (Wildman–Crippen LogP) is 2.80. The van der Waals surface area contributed by atoms with Crippen molar-refractivity contribution in [3.63, 3.8) is 0 Å². The van der Waals surface area contributed by atoms with Crippen LogP contribution in [0.2, 0.25) is 0 Å². The fourth-order valence-corrected chi connectivity index (χ4v) is 1.67. The molecule has 6 heteroatoms. The number of hydrogen-bond acceptors (Lipinski definition) is 5. The first kappa shape index (κ1) is 13.2. The van der Waals surface area contributed by atoms with Crippen LogP contribution in [0.15, 0.2) is 22.9 Å².